The van der Waals surface area contributed by atoms with E-state index in [4.69, 9.17) is 10.5 Å². The lowest BCUT2D eigenvalue weighted by molar-refractivity contribution is 0.0148. The Balaban J connectivity index is 3.60. The van der Waals surface area contributed by atoms with Crippen LogP contribution >= 0.6 is 0 Å². The van der Waals surface area contributed by atoms with Gasteiger partial charge in [-0.2, -0.15) is 0 Å². The highest BCUT2D eigenvalue weighted by atomic mass is 19.3. The minimum absolute atomic E-state index is 0.126. The second kappa shape index (κ2) is 4.26. The third-order valence-electron chi connectivity index (χ3n) is 2.69. The standard InChI is InChI=1S/C13H19F2NO/c1-8-6-7-9(13(4,14)15)11(17-5)10(8)12(2,3)16/h6-7H,16H2,1-5H3. The molecule has 0 aliphatic heterocycles. The van der Waals surface area contributed by atoms with Crippen molar-refractivity contribution in [2.24, 2.45) is 5.73 Å². The van der Waals surface area contributed by atoms with E-state index in [1.807, 2.05) is 6.92 Å². The number of halogens is 2. The molecule has 1 rings (SSSR count). The van der Waals surface area contributed by atoms with Crippen molar-refractivity contribution in [2.45, 2.75) is 39.2 Å². The number of aryl methyl sites for hydroxylation is 1. The summed E-state index contributed by atoms with van der Waals surface area (Å²) in [5.41, 5.74) is 6.64. The fourth-order valence-corrected chi connectivity index (χ4v) is 2.04. The van der Waals surface area contributed by atoms with Crippen molar-refractivity contribution in [1.82, 2.24) is 0 Å². The molecule has 0 saturated carbocycles. The van der Waals surface area contributed by atoms with Gasteiger partial charge in [-0.3, -0.25) is 0 Å². The summed E-state index contributed by atoms with van der Waals surface area (Å²) < 4.78 is 32.1. The Bertz CT molecular complexity index is 417. The van der Waals surface area contributed by atoms with Crippen LogP contribution in [-0.4, -0.2) is 7.11 Å². The van der Waals surface area contributed by atoms with Crippen molar-refractivity contribution in [1.29, 1.82) is 0 Å². The first-order valence-electron chi connectivity index (χ1n) is 5.44. The number of methoxy groups -OCH3 is 1. The van der Waals surface area contributed by atoms with E-state index in [2.05, 4.69) is 0 Å². The molecule has 0 aliphatic carbocycles. The molecule has 0 fully saturated rings. The summed E-state index contributed by atoms with van der Waals surface area (Å²) in [5.74, 6) is -2.76. The van der Waals surface area contributed by atoms with Crippen molar-refractivity contribution in [2.75, 3.05) is 7.11 Å². The largest absolute Gasteiger partial charge is 0.496 e. The van der Waals surface area contributed by atoms with Gasteiger partial charge in [0.25, 0.3) is 5.92 Å². The highest BCUT2D eigenvalue weighted by Crippen LogP contribution is 2.41. The van der Waals surface area contributed by atoms with Crippen LogP contribution in [0.25, 0.3) is 0 Å². The minimum Gasteiger partial charge on any atom is -0.496 e. The maximum atomic E-state index is 13.5. The Morgan fingerprint density at radius 1 is 1.18 bits per heavy atom. The van der Waals surface area contributed by atoms with Gasteiger partial charge in [0.1, 0.15) is 5.75 Å². The van der Waals surface area contributed by atoms with Crippen molar-refractivity contribution >= 4 is 0 Å². The van der Waals surface area contributed by atoms with Crippen LogP contribution in [-0.2, 0) is 11.5 Å². The smallest absolute Gasteiger partial charge is 0.274 e. The molecule has 0 unspecified atom stereocenters. The molecule has 0 aromatic heterocycles. The number of rotatable bonds is 3. The van der Waals surface area contributed by atoms with E-state index in [1.54, 1.807) is 19.9 Å². The van der Waals surface area contributed by atoms with Gasteiger partial charge in [-0.25, -0.2) is 8.78 Å². The second-order valence-electron chi connectivity index (χ2n) is 4.95. The molecule has 1 aromatic carbocycles. The summed E-state index contributed by atoms with van der Waals surface area (Å²) in [4.78, 5) is 0. The SMILES string of the molecule is COc1c(C(C)(F)F)ccc(C)c1C(C)(C)N. The topological polar surface area (TPSA) is 35.2 Å². The highest BCUT2D eigenvalue weighted by molar-refractivity contribution is 5.51. The molecule has 96 valence electrons. The van der Waals surface area contributed by atoms with Gasteiger partial charge in [-0.1, -0.05) is 6.07 Å². The van der Waals surface area contributed by atoms with Crippen molar-refractivity contribution in [3.63, 3.8) is 0 Å². The van der Waals surface area contributed by atoms with Crippen LogP contribution in [0.5, 0.6) is 5.75 Å². The molecular formula is C13H19F2NO. The fraction of sp³-hybridized carbons (Fsp3) is 0.538. The normalized spacial score (nSPS) is 12.7. The summed E-state index contributed by atoms with van der Waals surface area (Å²) in [6.45, 7) is 6.24. The first kappa shape index (κ1) is 13.9. The maximum Gasteiger partial charge on any atom is 0.274 e. The summed E-state index contributed by atoms with van der Waals surface area (Å²) in [7, 11) is 1.39. The van der Waals surface area contributed by atoms with E-state index < -0.39 is 11.5 Å². The molecule has 2 nitrogen and oxygen atoms in total. The quantitative estimate of drug-likeness (QED) is 0.884. The van der Waals surface area contributed by atoms with E-state index in [-0.39, 0.29) is 11.3 Å². The Hall–Kier alpha value is -1.16. The molecule has 1 aromatic rings. The molecule has 0 aliphatic rings. The van der Waals surface area contributed by atoms with Crippen molar-refractivity contribution in [3.05, 3.63) is 28.8 Å². The van der Waals surface area contributed by atoms with Crippen LogP contribution in [0.15, 0.2) is 12.1 Å². The molecule has 4 heteroatoms. The lowest BCUT2D eigenvalue weighted by Gasteiger charge is -2.27. The number of ether oxygens (including phenoxy) is 1. The molecule has 0 saturated heterocycles. The lowest BCUT2D eigenvalue weighted by atomic mass is 9.87. The van der Waals surface area contributed by atoms with Crippen molar-refractivity contribution < 1.29 is 13.5 Å². The molecule has 0 amide bonds. The summed E-state index contributed by atoms with van der Waals surface area (Å²) in [5, 5.41) is 0. The van der Waals surface area contributed by atoms with Crippen LogP contribution in [0.1, 0.15) is 37.5 Å². The van der Waals surface area contributed by atoms with E-state index >= 15 is 0 Å². The van der Waals surface area contributed by atoms with Crippen LogP contribution in [0.3, 0.4) is 0 Å². The Morgan fingerprint density at radius 2 is 1.71 bits per heavy atom. The number of nitrogens with two attached hydrogens (primary N) is 1. The highest BCUT2D eigenvalue weighted by Gasteiger charge is 2.33. The Labute approximate surface area is 101 Å². The average Bonchev–Trinajstić information content (AvgIpc) is 2.12. The van der Waals surface area contributed by atoms with Gasteiger partial charge in [0.2, 0.25) is 0 Å². The number of hydrogen-bond donors (Lipinski definition) is 1. The fourth-order valence-electron chi connectivity index (χ4n) is 2.04. The Kier molecular flexibility index (Phi) is 3.48. The summed E-state index contributed by atoms with van der Waals surface area (Å²) in [6, 6.07) is 3.04. The zero-order valence-corrected chi connectivity index (χ0v) is 10.9. The maximum absolute atomic E-state index is 13.5. The predicted octanol–water partition coefficient (Wildman–Crippen LogP) is 3.31. The molecule has 0 heterocycles. The second-order valence-corrected chi connectivity index (χ2v) is 4.95. The first-order chi connectivity index (χ1) is 7.59. The van der Waals surface area contributed by atoms with Crippen LogP contribution < -0.4 is 10.5 Å². The van der Waals surface area contributed by atoms with Crippen LogP contribution in [0, 0.1) is 6.92 Å². The number of alkyl halides is 2. The molecule has 0 atom stereocenters. The average molecular weight is 243 g/mol. The third-order valence-corrected chi connectivity index (χ3v) is 2.69. The molecular weight excluding hydrogens is 224 g/mol. The van der Waals surface area contributed by atoms with Crippen LogP contribution in [0.2, 0.25) is 0 Å². The Morgan fingerprint density at radius 3 is 2.06 bits per heavy atom. The van der Waals surface area contributed by atoms with E-state index in [0.717, 1.165) is 12.5 Å². The van der Waals surface area contributed by atoms with Gasteiger partial charge in [-0.05, 0) is 32.4 Å². The van der Waals surface area contributed by atoms with Gasteiger partial charge >= 0.3 is 0 Å². The molecule has 0 radical (unpaired) electrons. The summed E-state index contributed by atoms with van der Waals surface area (Å²) >= 11 is 0. The van der Waals surface area contributed by atoms with Crippen LogP contribution in [0.4, 0.5) is 8.78 Å². The molecule has 0 spiro atoms. The molecule has 2 N–H and O–H groups in total. The van der Waals surface area contributed by atoms with E-state index in [0.29, 0.717) is 5.56 Å². The molecule has 0 bridgehead atoms. The van der Waals surface area contributed by atoms with Gasteiger partial charge in [0.05, 0.1) is 12.7 Å². The van der Waals surface area contributed by atoms with Crippen molar-refractivity contribution in [3.8, 4) is 5.75 Å². The minimum atomic E-state index is -2.95. The third kappa shape index (κ3) is 2.75. The zero-order chi connectivity index (χ0) is 13.4. The zero-order valence-electron chi connectivity index (χ0n) is 10.9. The van der Waals surface area contributed by atoms with Gasteiger partial charge in [-0.15, -0.1) is 0 Å². The predicted molar refractivity (Wildman–Crippen MR) is 64.5 cm³/mol. The monoisotopic (exact) mass is 243 g/mol. The molecule has 17 heavy (non-hydrogen) atoms. The van der Waals surface area contributed by atoms with E-state index in [1.165, 1.54) is 13.2 Å². The number of hydrogen-bond acceptors (Lipinski definition) is 2. The van der Waals surface area contributed by atoms with Gasteiger partial charge < -0.3 is 10.5 Å². The van der Waals surface area contributed by atoms with E-state index in [9.17, 15) is 8.78 Å². The lowest BCUT2D eigenvalue weighted by Crippen LogP contribution is -2.31. The number of benzene rings is 1. The first-order valence-corrected chi connectivity index (χ1v) is 5.44. The summed E-state index contributed by atoms with van der Waals surface area (Å²) in [6.07, 6.45) is 0. The van der Waals surface area contributed by atoms with Gasteiger partial charge in [0, 0.05) is 18.0 Å². The van der Waals surface area contributed by atoms with Gasteiger partial charge in [0.15, 0.2) is 0 Å².